The molecule has 0 atom stereocenters. The van der Waals surface area contributed by atoms with E-state index >= 15 is 0 Å². The fourth-order valence-corrected chi connectivity index (χ4v) is 1.10. The maximum atomic E-state index is 5.50. The van der Waals surface area contributed by atoms with Crippen LogP contribution in [0.5, 0.6) is 0 Å². The third-order valence-electron chi connectivity index (χ3n) is 1.24. The summed E-state index contributed by atoms with van der Waals surface area (Å²) in [6.07, 6.45) is 6.57. The van der Waals surface area contributed by atoms with Crippen LogP contribution in [0.25, 0.3) is 0 Å². The summed E-state index contributed by atoms with van der Waals surface area (Å²) in [5, 5.41) is 1.13. The molecule has 72 valence electrons. The summed E-state index contributed by atoms with van der Waals surface area (Å²) < 4.78 is 0. The number of nitrogens with zero attached hydrogens (tertiary/aromatic N) is 2. The molecular weight excluding hydrogens is 219 g/mol. The Kier molecular flexibility index (Phi) is 4.97. The highest BCUT2D eigenvalue weighted by Crippen LogP contribution is 2.11. The lowest BCUT2D eigenvalue weighted by atomic mass is 10.5. The molecule has 0 amide bonds. The van der Waals surface area contributed by atoms with Crippen molar-refractivity contribution in [3.63, 3.8) is 0 Å². The first-order valence-corrected chi connectivity index (χ1v) is 4.65. The lowest BCUT2D eigenvalue weighted by molar-refractivity contribution is 1.33. The second kappa shape index (κ2) is 6.35. The fourth-order valence-electron chi connectivity index (χ4n) is 0.699. The van der Waals surface area contributed by atoms with E-state index in [1.807, 2.05) is 18.2 Å². The summed E-state index contributed by atoms with van der Waals surface area (Å²) >= 11 is 11.0. The smallest absolute Gasteiger partial charge is 0.0604 e. The van der Waals surface area contributed by atoms with Gasteiger partial charge in [-0.15, -0.1) is 0 Å². The Morgan fingerprint density at radius 3 is 1.57 bits per heavy atom. The average Bonchev–Trinajstić information content (AvgIpc) is 2.21. The second-order valence-electron chi connectivity index (χ2n) is 2.35. The first-order chi connectivity index (χ1) is 6.79. The van der Waals surface area contributed by atoms with Crippen LogP contribution in [0.3, 0.4) is 0 Å². The molecule has 2 rings (SSSR count). The predicted octanol–water partition coefficient (Wildman–Crippen LogP) is 3.47. The lowest BCUT2D eigenvalue weighted by Gasteiger charge is -1.85. The van der Waals surface area contributed by atoms with Crippen LogP contribution in [0.1, 0.15) is 0 Å². The minimum atomic E-state index is 0.567. The molecule has 0 saturated heterocycles. The summed E-state index contributed by atoms with van der Waals surface area (Å²) in [6, 6.07) is 7.35. The molecule has 0 spiro atoms. The molecule has 0 aromatic carbocycles. The van der Waals surface area contributed by atoms with Gasteiger partial charge in [0.1, 0.15) is 0 Å². The summed E-state index contributed by atoms with van der Waals surface area (Å²) in [4.78, 5) is 7.50. The van der Waals surface area contributed by atoms with Gasteiger partial charge >= 0.3 is 0 Å². The fraction of sp³-hybridized carbons (Fsp3) is 0. The molecule has 0 aliphatic heterocycles. The van der Waals surface area contributed by atoms with E-state index in [1.54, 1.807) is 18.5 Å². The van der Waals surface area contributed by atoms with Crippen LogP contribution in [0, 0.1) is 0 Å². The zero-order valence-corrected chi connectivity index (χ0v) is 8.78. The maximum absolute atomic E-state index is 5.50. The Morgan fingerprint density at radius 2 is 1.36 bits per heavy atom. The largest absolute Gasteiger partial charge is 0.265 e. The minimum absolute atomic E-state index is 0.567. The molecule has 0 saturated carbocycles. The van der Waals surface area contributed by atoms with Gasteiger partial charge in [-0.25, -0.2) is 0 Å². The Labute approximate surface area is 92.5 Å². The van der Waals surface area contributed by atoms with Crippen molar-refractivity contribution >= 4 is 23.2 Å². The molecule has 0 N–H and O–H groups in total. The molecule has 0 aliphatic rings. The molecule has 0 radical (unpaired) electrons. The van der Waals surface area contributed by atoms with Crippen molar-refractivity contribution in [3.05, 3.63) is 59.1 Å². The Morgan fingerprint density at radius 1 is 0.786 bits per heavy atom. The van der Waals surface area contributed by atoms with Crippen LogP contribution in [-0.2, 0) is 0 Å². The normalized spacial score (nSPS) is 8.71. The summed E-state index contributed by atoms with van der Waals surface area (Å²) in [5.74, 6) is 0. The van der Waals surface area contributed by atoms with Crippen LogP contribution in [-0.4, -0.2) is 9.97 Å². The van der Waals surface area contributed by atoms with Gasteiger partial charge in [0.2, 0.25) is 0 Å². The number of halogens is 2. The van der Waals surface area contributed by atoms with E-state index < -0.39 is 0 Å². The van der Waals surface area contributed by atoms with E-state index in [0.717, 1.165) is 0 Å². The van der Waals surface area contributed by atoms with Crippen molar-refractivity contribution in [1.29, 1.82) is 0 Å². The zero-order chi connectivity index (χ0) is 10.2. The third kappa shape index (κ3) is 4.80. The number of pyridine rings is 2. The van der Waals surface area contributed by atoms with Crippen molar-refractivity contribution < 1.29 is 0 Å². The standard InChI is InChI=1S/C5H3Cl2N.C5H5N/c6-4-1-5(7)3-8-2-4;1-2-4-6-5-3-1/h1-3H;1-5H. The summed E-state index contributed by atoms with van der Waals surface area (Å²) in [6.45, 7) is 0. The van der Waals surface area contributed by atoms with Gasteiger partial charge in [0.15, 0.2) is 0 Å². The monoisotopic (exact) mass is 226 g/mol. The van der Waals surface area contributed by atoms with Crippen molar-refractivity contribution in [2.24, 2.45) is 0 Å². The van der Waals surface area contributed by atoms with Crippen LogP contribution in [0.4, 0.5) is 0 Å². The van der Waals surface area contributed by atoms with Gasteiger partial charge in [0.05, 0.1) is 10.0 Å². The number of aromatic nitrogens is 2. The number of hydrogen-bond acceptors (Lipinski definition) is 2. The van der Waals surface area contributed by atoms with E-state index in [0.29, 0.717) is 10.0 Å². The van der Waals surface area contributed by atoms with Gasteiger partial charge in [-0.3, -0.25) is 9.97 Å². The molecule has 4 heteroatoms. The van der Waals surface area contributed by atoms with Crippen molar-refractivity contribution in [2.75, 3.05) is 0 Å². The minimum Gasteiger partial charge on any atom is -0.265 e. The van der Waals surface area contributed by atoms with Crippen LogP contribution in [0.2, 0.25) is 10.0 Å². The Hall–Kier alpha value is -1.12. The molecule has 14 heavy (non-hydrogen) atoms. The first-order valence-electron chi connectivity index (χ1n) is 3.90. The zero-order valence-electron chi connectivity index (χ0n) is 7.27. The van der Waals surface area contributed by atoms with Crippen molar-refractivity contribution in [3.8, 4) is 0 Å². The highest BCUT2D eigenvalue weighted by molar-refractivity contribution is 6.34. The van der Waals surface area contributed by atoms with E-state index in [-0.39, 0.29) is 0 Å². The topological polar surface area (TPSA) is 25.8 Å². The molecule has 0 bridgehead atoms. The highest BCUT2D eigenvalue weighted by atomic mass is 35.5. The van der Waals surface area contributed by atoms with Gasteiger partial charge in [-0.05, 0) is 18.2 Å². The molecule has 0 fully saturated rings. The quantitative estimate of drug-likeness (QED) is 0.688. The van der Waals surface area contributed by atoms with Gasteiger partial charge in [0.25, 0.3) is 0 Å². The molecule has 2 heterocycles. The first kappa shape index (κ1) is 11.0. The average molecular weight is 227 g/mol. The van der Waals surface area contributed by atoms with Crippen molar-refractivity contribution in [1.82, 2.24) is 9.97 Å². The van der Waals surface area contributed by atoms with Crippen LogP contribution >= 0.6 is 23.2 Å². The molecular formula is C10H8Cl2N2. The van der Waals surface area contributed by atoms with Crippen LogP contribution < -0.4 is 0 Å². The van der Waals surface area contributed by atoms with Gasteiger partial charge in [-0.2, -0.15) is 0 Å². The van der Waals surface area contributed by atoms with Crippen LogP contribution in [0.15, 0.2) is 49.1 Å². The van der Waals surface area contributed by atoms with E-state index in [9.17, 15) is 0 Å². The third-order valence-corrected chi connectivity index (χ3v) is 1.65. The van der Waals surface area contributed by atoms with Gasteiger partial charge < -0.3 is 0 Å². The van der Waals surface area contributed by atoms with E-state index in [4.69, 9.17) is 23.2 Å². The van der Waals surface area contributed by atoms with Gasteiger partial charge in [0, 0.05) is 24.8 Å². The Bertz CT molecular complexity index is 322. The van der Waals surface area contributed by atoms with E-state index in [2.05, 4.69) is 9.97 Å². The molecule has 2 aromatic heterocycles. The molecule has 0 aliphatic carbocycles. The highest BCUT2D eigenvalue weighted by Gasteiger charge is 1.86. The van der Waals surface area contributed by atoms with Gasteiger partial charge in [-0.1, -0.05) is 29.3 Å². The van der Waals surface area contributed by atoms with E-state index in [1.165, 1.54) is 12.4 Å². The Balaban J connectivity index is 0.000000146. The second-order valence-corrected chi connectivity index (χ2v) is 3.22. The molecule has 2 aromatic rings. The summed E-state index contributed by atoms with van der Waals surface area (Å²) in [7, 11) is 0. The number of hydrogen-bond donors (Lipinski definition) is 0. The molecule has 2 nitrogen and oxygen atoms in total. The van der Waals surface area contributed by atoms with Crippen molar-refractivity contribution in [2.45, 2.75) is 0 Å². The predicted molar refractivity (Wildman–Crippen MR) is 58.5 cm³/mol. The maximum Gasteiger partial charge on any atom is 0.0604 e. The summed E-state index contributed by atoms with van der Waals surface area (Å²) in [5.41, 5.74) is 0. The molecule has 0 unspecified atom stereocenters. The lowest BCUT2D eigenvalue weighted by Crippen LogP contribution is -1.68. The SMILES string of the molecule is Clc1cncc(Cl)c1.c1ccncc1. The number of rotatable bonds is 0.